The van der Waals surface area contributed by atoms with Gasteiger partial charge in [-0.2, -0.15) is 0 Å². The van der Waals surface area contributed by atoms with Crippen molar-refractivity contribution in [1.82, 2.24) is 5.32 Å². The summed E-state index contributed by atoms with van der Waals surface area (Å²) in [5.41, 5.74) is 0.256. The molecule has 0 aromatic heterocycles. The highest BCUT2D eigenvalue weighted by Crippen LogP contribution is 2.33. The molecule has 0 heterocycles. The molecule has 2 aromatic carbocycles. The van der Waals surface area contributed by atoms with Crippen molar-refractivity contribution in [1.29, 1.82) is 0 Å². The first-order valence-corrected chi connectivity index (χ1v) is 11.7. The Morgan fingerprint density at radius 3 is 2.27 bits per heavy atom. The van der Waals surface area contributed by atoms with E-state index in [1.807, 2.05) is 13.8 Å². The Morgan fingerprint density at radius 2 is 1.73 bits per heavy atom. The largest absolute Gasteiger partial charge is 0.495 e. The molecular formula is C21H27N3O8S. The average Bonchev–Trinajstić information content (AvgIpc) is 2.75. The minimum Gasteiger partial charge on any atom is -0.495 e. The summed E-state index contributed by atoms with van der Waals surface area (Å²) in [4.78, 5) is 23.1. The van der Waals surface area contributed by atoms with Crippen LogP contribution in [0.5, 0.6) is 17.2 Å². The number of nitrogens with one attached hydrogen (secondary N) is 1. The highest BCUT2D eigenvalue weighted by Gasteiger charge is 2.26. The van der Waals surface area contributed by atoms with Crippen LogP contribution >= 0.6 is 0 Å². The minimum atomic E-state index is -3.97. The monoisotopic (exact) mass is 481 g/mol. The van der Waals surface area contributed by atoms with Crippen LogP contribution in [0.25, 0.3) is 0 Å². The fraction of sp³-hybridized carbons (Fsp3) is 0.381. The van der Waals surface area contributed by atoms with Crippen molar-refractivity contribution in [2.24, 2.45) is 0 Å². The van der Waals surface area contributed by atoms with E-state index in [-0.39, 0.29) is 29.8 Å². The van der Waals surface area contributed by atoms with Gasteiger partial charge in [-0.3, -0.25) is 19.2 Å². The molecule has 180 valence electrons. The number of carbonyl (C=O) groups is 1. The topological polar surface area (TPSA) is 137 Å². The molecule has 0 aliphatic heterocycles. The van der Waals surface area contributed by atoms with Gasteiger partial charge in [0.25, 0.3) is 5.69 Å². The highest BCUT2D eigenvalue weighted by molar-refractivity contribution is 7.92. The number of carbonyl (C=O) groups excluding carboxylic acids is 1. The van der Waals surface area contributed by atoms with E-state index in [4.69, 9.17) is 14.2 Å². The van der Waals surface area contributed by atoms with Crippen LogP contribution in [0.3, 0.4) is 0 Å². The van der Waals surface area contributed by atoms with Crippen LogP contribution in [0, 0.1) is 10.1 Å². The summed E-state index contributed by atoms with van der Waals surface area (Å²) in [6.07, 6.45) is 0.855. The number of rotatable bonds is 11. The van der Waals surface area contributed by atoms with Gasteiger partial charge in [-0.15, -0.1) is 0 Å². The van der Waals surface area contributed by atoms with Crippen LogP contribution in [-0.2, 0) is 21.4 Å². The van der Waals surface area contributed by atoms with Gasteiger partial charge in [0, 0.05) is 18.7 Å². The standard InChI is InChI=1S/C21H27N3O8S/c1-14(2)32-19-8-6-15(10-20(19)31-4)12-22-21(25)13-23(33(5,28)29)17-11-16(24(26)27)7-9-18(17)30-3/h6-11,14H,12-13H2,1-5H3,(H,22,25). The molecule has 1 amide bonds. The van der Waals surface area contributed by atoms with Gasteiger partial charge in [0.15, 0.2) is 11.5 Å². The summed E-state index contributed by atoms with van der Waals surface area (Å²) in [5.74, 6) is 0.512. The van der Waals surface area contributed by atoms with Gasteiger partial charge in [-0.25, -0.2) is 8.42 Å². The Bertz CT molecular complexity index is 1120. The molecule has 33 heavy (non-hydrogen) atoms. The Kier molecular flexibility index (Phi) is 8.46. The number of anilines is 1. The molecule has 2 rings (SSSR count). The summed E-state index contributed by atoms with van der Waals surface area (Å²) in [6.45, 7) is 3.28. The van der Waals surface area contributed by atoms with Crippen molar-refractivity contribution in [3.05, 3.63) is 52.1 Å². The molecule has 0 atom stereocenters. The van der Waals surface area contributed by atoms with Crippen molar-refractivity contribution in [3.63, 3.8) is 0 Å². The predicted octanol–water partition coefficient (Wildman–Crippen LogP) is 2.48. The Hall–Kier alpha value is -3.54. The molecular weight excluding hydrogens is 454 g/mol. The lowest BCUT2D eigenvalue weighted by molar-refractivity contribution is -0.384. The van der Waals surface area contributed by atoms with E-state index in [1.165, 1.54) is 26.4 Å². The van der Waals surface area contributed by atoms with Gasteiger partial charge >= 0.3 is 0 Å². The first kappa shape index (κ1) is 25.7. The number of hydrogen-bond donors (Lipinski definition) is 1. The summed E-state index contributed by atoms with van der Waals surface area (Å²) >= 11 is 0. The number of nitro benzene ring substituents is 1. The van der Waals surface area contributed by atoms with Crippen molar-refractivity contribution >= 4 is 27.3 Å². The van der Waals surface area contributed by atoms with Crippen molar-refractivity contribution in [2.75, 3.05) is 31.3 Å². The van der Waals surface area contributed by atoms with E-state index in [0.29, 0.717) is 17.1 Å². The minimum absolute atomic E-state index is 0.0442. The summed E-state index contributed by atoms with van der Waals surface area (Å²) in [5, 5.41) is 13.8. The number of hydrogen-bond acceptors (Lipinski definition) is 8. The first-order chi connectivity index (χ1) is 15.5. The lowest BCUT2D eigenvalue weighted by atomic mass is 10.2. The molecule has 0 aliphatic rings. The zero-order valence-corrected chi connectivity index (χ0v) is 19.8. The van der Waals surface area contributed by atoms with Gasteiger partial charge in [0.05, 0.1) is 31.5 Å². The van der Waals surface area contributed by atoms with Crippen LogP contribution < -0.4 is 23.8 Å². The third-order valence-electron chi connectivity index (χ3n) is 4.41. The number of amides is 1. The number of benzene rings is 2. The number of non-ortho nitro benzene ring substituents is 1. The Labute approximate surface area is 192 Å². The maximum atomic E-state index is 12.6. The van der Waals surface area contributed by atoms with E-state index < -0.39 is 27.4 Å². The van der Waals surface area contributed by atoms with E-state index in [1.54, 1.807) is 18.2 Å². The first-order valence-electron chi connectivity index (χ1n) is 9.86. The van der Waals surface area contributed by atoms with Crippen molar-refractivity contribution < 1.29 is 32.3 Å². The number of ether oxygens (including phenoxy) is 3. The lowest BCUT2D eigenvalue weighted by Crippen LogP contribution is -2.40. The number of sulfonamides is 1. The van der Waals surface area contributed by atoms with Crippen LogP contribution in [0.4, 0.5) is 11.4 Å². The zero-order chi connectivity index (χ0) is 24.8. The van der Waals surface area contributed by atoms with Crippen molar-refractivity contribution in [2.45, 2.75) is 26.5 Å². The maximum Gasteiger partial charge on any atom is 0.271 e. The molecule has 2 aromatic rings. The van der Waals surface area contributed by atoms with E-state index in [2.05, 4.69) is 5.32 Å². The molecule has 0 radical (unpaired) electrons. The van der Waals surface area contributed by atoms with E-state index in [9.17, 15) is 23.3 Å². The maximum absolute atomic E-state index is 12.6. The molecule has 11 nitrogen and oxygen atoms in total. The Morgan fingerprint density at radius 1 is 1.09 bits per heavy atom. The molecule has 0 unspecified atom stereocenters. The van der Waals surface area contributed by atoms with Gasteiger partial charge < -0.3 is 19.5 Å². The molecule has 0 aliphatic carbocycles. The average molecular weight is 482 g/mol. The van der Waals surface area contributed by atoms with E-state index >= 15 is 0 Å². The third-order valence-corrected chi connectivity index (χ3v) is 5.54. The predicted molar refractivity (Wildman–Crippen MR) is 122 cm³/mol. The second kappa shape index (κ2) is 10.9. The van der Waals surface area contributed by atoms with Gasteiger partial charge in [0.1, 0.15) is 18.0 Å². The quantitative estimate of drug-likeness (QED) is 0.382. The second-order valence-corrected chi connectivity index (χ2v) is 9.22. The van der Waals surface area contributed by atoms with Crippen LogP contribution in [0.1, 0.15) is 19.4 Å². The van der Waals surface area contributed by atoms with Gasteiger partial charge in [-0.1, -0.05) is 6.07 Å². The molecule has 0 saturated carbocycles. The van der Waals surface area contributed by atoms with Gasteiger partial charge in [0.2, 0.25) is 15.9 Å². The molecule has 12 heteroatoms. The zero-order valence-electron chi connectivity index (χ0n) is 19.0. The second-order valence-electron chi connectivity index (χ2n) is 7.31. The summed E-state index contributed by atoms with van der Waals surface area (Å²) < 4.78 is 41.7. The molecule has 1 N–H and O–H groups in total. The normalized spacial score (nSPS) is 11.1. The van der Waals surface area contributed by atoms with Crippen molar-refractivity contribution in [3.8, 4) is 17.2 Å². The molecule has 0 spiro atoms. The summed E-state index contributed by atoms with van der Waals surface area (Å²) in [6, 6.07) is 8.68. The number of methoxy groups -OCH3 is 2. The Balaban J connectivity index is 2.21. The van der Waals surface area contributed by atoms with Crippen LogP contribution in [-0.4, -0.2) is 52.4 Å². The van der Waals surface area contributed by atoms with Crippen LogP contribution in [0.2, 0.25) is 0 Å². The molecule has 0 saturated heterocycles. The third kappa shape index (κ3) is 6.97. The number of nitrogens with zero attached hydrogens (tertiary/aromatic N) is 2. The highest BCUT2D eigenvalue weighted by atomic mass is 32.2. The lowest BCUT2D eigenvalue weighted by Gasteiger charge is -2.23. The molecule has 0 fully saturated rings. The molecule has 0 bridgehead atoms. The summed E-state index contributed by atoms with van der Waals surface area (Å²) in [7, 11) is -1.17. The smallest absolute Gasteiger partial charge is 0.271 e. The fourth-order valence-electron chi connectivity index (χ4n) is 2.93. The van der Waals surface area contributed by atoms with Crippen LogP contribution in [0.15, 0.2) is 36.4 Å². The van der Waals surface area contributed by atoms with E-state index in [0.717, 1.165) is 16.6 Å². The fourth-order valence-corrected chi connectivity index (χ4v) is 3.78. The number of nitro groups is 1. The SMILES string of the molecule is COc1cc(CNC(=O)CN(c2cc([N+](=O)[O-])ccc2OC)S(C)(=O)=O)ccc1OC(C)C. The van der Waals surface area contributed by atoms with Gasteiger partial charge in [-0.05, 0) is 37.6 Å².